The molecule has 2 heterocycles. The van der Waals surface area contributed by atoms with E-state index in [1.165, 1.54) is 97.9 Å². The van der Waals surface area contributed by atoms with E-state index in [4.69, 9.17) is 0 Å². The summed E-state index contributed by atoms with van der Waals surface area (Å²) in [7, 11) is -28.9. The van der Waals surface area contributed by atoms with Crippen LogP contribution in [0.2, 0.25) is 0 Å². The Kier molecular flexibility index (Phi) is 17.5. The lowest BCUT2D eigenvalue weighted by atomic mass is 10.00. The van der Waals surface area contributed by atoms with E-state index in [0.29, 0.717) is 10.9 Å². The van der Waals surface area contributed by atoms with Crippen molar-refractivity contribution in [2.45, 2.75) is 36.3 Å². The van der Waals surface area contributed by atoms with E-state index in [9.17, 15) is 79.2 Å². The van der Waals surface area contributed by atoms with Crippen LogP contribution in [0.1, 0.15) is 16.7 Å². The molecule has 0 saturated heterocycles. The smallest absolute Gasteiger partial charge is 0.295 e. The predicted molar refractivity (Wildman–Crippen MR) is 366 cm³/mol. The summed E-state index contributed by atoms with van der Waals surface area (Å²) in [6.45, 7) is 1.50. The first kappa shape index (κ1) is 67.0. The van der Waals surface area contributed by atoms with Gasteiger partial charge in [0.1, 0.15) is 38.2 Å². The zero-order valence-corrected chi connectivity index (χ0v) is 55.4. The SMILES string of the molecule is Cc1c(C#N)c(Nc2ccc(S(=O)(=O)O)cc2)nc(Nc2ccc(S(=O)(=O)O)cc2)c1N=Nc1sc(N=Nc2ccc3cc(S(=O)(=O)Nc4cc(S(=O)(=O)O)c5ccccc5c4)cc(S(=O)(=O)Nc4ccc5cccc(S(=O)(=O)O)c5c4)c3c2)c(-c2ccc3ccccc3c2)c1C#N. The fourth-order valence-corrected chi connectivity index (χ4v) is 16.3. The summed E-state index contributed by atoms with van der Waals surface area (Å²) in [5.74, 6) is -0.200. The molecule has 10 aromatic carbocycles. The maximum Gasteiger partial charge on any atom is 0.295 e. The third-order valence-electron chi connectivity index (χ3n) is 15.1. The van der Waals surface area contributed by atoms with E-state index >= 15 is 0 Å². The number of rotatable bonds is 19. The maximum absolute atomic E-state index is 15.0. The maximum atomic E-state index is 15.0. The lowest BCUT2D eigenvalue weighted by Crippen LogP contribution is -2.17. The number of aromatic nitrogens is 1. The first-order valence-electron chi connectivity index (χ1n) is 28.0. The number of pyridine rings is 1. The van der Waals surface area contributed by atoms with Gasteiger partial charge in [0.2, 0.25) is 0 Å². The highest BCUT2D eigenvalue weighted by molar-refractivity contribution is 7.93. The molecule has 0 atom stereocenters. The molecule has 0 spiro atoms. The molecule has 2 aromatic heterocycles. The topological polar surface area (TPSA) is 444 Å². The van der Waals surface area contributed by atoms with Crippen molar-refractivity contribution >= 4 is 171 Å². The van der Waals surface area contributed by atoms with Crippen LogP contribution in [-0.4, -0.2) is 73.7 Å². The first-order chi connectivity index (χ1) is 46.3. The Morgan fingerprint density at radius 1 is 0.408 bits per heavy atom. The van der Waals surface area contributed by atoms with E-state index in [1.807, 2.05) is 18.2 Å². The third kappa shape index (κ3) is 13.9. The second kappa shape index (κ2) is 25.5. The predicted octanol–water partition coefficient (Wildman–Crippen LogP) is 14.4. The highest BCUT2D eigenvalue weighted by Gasteiger charge is 2.28. The molecule has 27 nitrogen and oxygen atoms in total. The number of benzene rings is 10. The number of fused-ring (bicyclic) bond motifs is 4. The minimum atomic E-state index is -4.99. The zero-order chi connectivity index (χ0) is 69.9. The van der Waals surface area contributed by atoms with Crippen LogP contribution in [0.15, 0.2) is 244 Å². The summed E-state index contributed by atoms with van der Waals surface area (Å²) in [6.07, 6.45) is 0. The molecule has 12 rings (SSSR count). The van der Waals surface area contributed by atoms with Gasteiger partial charge >= 0.3 is 0 Å². The summed E-state index contributed by atoms with van der Waals surface area (Å²) in [5, 5.41) is 47.7. The van der Waals surface area contributed by atoms with Crippen molar-refractivity contribution in [3.8, 4) is 23.3 Å². The number of hydrogen-bond donors (Lipinski definition) is 8. The number of hydrogen-bond acceptors (Lipinski definition) is 22. The molecule has 0 unspecified atom stereocenters. The van der Waals surface area contributed by atoms with E-state index < -0.39 is 89.9 Å². The fourth-order valence-electron chi connectivity index (χ4n) is 10.5. The highest BCUT2D eigenvalue weighted by atomic mass is 32.2. The molecular formula is C64H43N11O16S7. The van der Waals surface area contributed by atoms with Gasteiger partial charge in [-0.05, 0) is 149 Å². The lowest BCUT2D eigenvalue weighted by molar-refractivity contribution is 0.481. The minimum absolute atomic E-state index is 0.0228. The van der Waals surface area contributed by atoms with Gasteiger partial charge in [-0.15, -0.1) is 20.5 Å². The van der Waals surface area contributed by atoms with Gasteiger partial charge in [-0.25, -0.2) is 21.8 Å². The number of nitriles is 2. The van der Waals surface area contributed by atoms with Crippen molar-refractivity contribution in [1.82, 2.24) is 4.98 Å². The molecular weight excluding hydrogens is 1400 g/mol. The normalized spacial score (nSPS) is 12.5. The monoisotopic (exact) mass is 1450 g/mol. The molecule has 0 aliphatic heterocycles. The quantitative estimate of drug-likeness (QED) is 0.0275. The Balaban J connectivity index is 0.986. The molecule has 0 aliphatic carbocycles. The van der Waals surface area contributed by atoms with Crippen LogP contribution in [0, 0.1) is 29.6 Å². The number of nitrogens with zero attached hydrogens (tertiary/aromatic N) is 7. The van der Waals surface area contributed by atoms with Crippen LogP contribution in [0.3, 0.4) is 0 Å². The molecule has 0 saturated carbocycles. The van der Waals surface area contributed by atoms with E-state index in [0.717, 1.165) is 76.7 Å². The number of azo groups is 2. The Morgan fingerprint density at radius 2 is 0.959 bits per heavy atom. The number of thiophene rings is 1. The Labute approximate surface area is 561 Å². The average molecular weight is 1450 g/mol. The lowest BCUT2D eigenvalue weighted by Gasteiger charge is -2.16. The van der Waals surface area contributed by atoms with Crippen molar-refractivity contribution in [3.63, 3.8) is 0 Å². The van der Waals surface area contributed by atoms with Crippen molar-refractivity contribution in [2.75, 3.05) is 20.1 Å². The van der Waals surface area contributed by atoms with Crippen LogP contribution >= 0.6 is 11.3 Å². The molecule has 8 N–H and O–H groups in total. The van der Waals surface area contributed by atoms with Gasteiger partial charge in [0, 0.05) is 44.3 Å². The van der Waals surface area contributed by atoms with Crippen LogP contribution in [0.25, 0.3) is 54.2 Å². The van der Waals surface area contributed by atoms with Gasteiger partial charge in [0.05, 0.1) is 36.5 Å². The van der Waals surface area contributed by atoms with Gasteiger partial charge in [0.25, 0.3) is 60.5 Å². The third-order valence-corrected chi connectivity index (χ3v) is 22.4. The summed E-state index contributed by atoms with van der Waals surface area (Å²) in [6, 6.07) is 48.4. The second-order valence-corrected chi connectivity index (χ2v) is 31.4. The minimum Gasteiger partial charge on any atom is -0.339 e. The van der Waals surface area contributed by atoms with Gasteiger partial charge < -0.3 is 10.6 Å². The molecule has 0 radical (unpaired) electrons. The van der Waals surface area contributed by atoms with Crippen molar-refractivity contribution in [3.05, 3.63) is 211 Å². The summed E-state index contributed by atoms with van der Waals surface area (Å²) < 4.78 is 201. The van der Waals surface area contributed by atoms with Gasteiger partial charge in [-0.3, -0.25) is 27.7 Å². The van der Waals surface area contributed by atoms with Crippen molar-refractivity contribution < 1.29 is 68.7 Å². The first-order valence-corrected chi connectivity index (χ1v) is 37.6. The molecule has 0 fully saturated rings. The largest absolute Gasteiger partial charge is 0.339 e. The van der Waals surface area contributed by atoms with Gasteiger partial charge in [-0.2, -0.15) is 44.2 Å². The van der Waals surface area contributed by atoms with Crippen LogP contribution in [0.5, 0.6) is 0 Å². The van der Waals surface area contributed by atoms with Crippen molar-refractivity contribution in [2.24, 2.45) is 20.5 Å². The van der Waals surface area contributed by atoms with E-state index in [-0.39, 0.29) is 105 Å². The molecule has 0 amide bonds. The Hall–Kier alpha value is -11.0. The average Bonchev–Trinajstić information content (AvgIpc) is 0.813. The standard InChI is InChI=1S/C64H43N11O16S7/c1-36-54(34-65)61(67-43-19-23-48(24-20-43)95(80,81)82)69-62(68-44-21-25-49(26-22-44)96(83,84)85)60(36)71-72-63-55(35-66)59(42-14-13-37-7-2-3-8-39(37)27-42)64(92-63)73-70-45-17-16-41-29-50(93(76,77)75-47-28-40-9-4-5-11-51(40)58(32-47)98(89,90)91)33-57(53(41)30-45)94(78,79)74-46-18-15-38-10-6-12-56(52(38)31-46)97(86,87)88/h2-33,74-75H,1H3,(H2,67,68,69)(H,80,81,82)(H,83,84,85)(H,86,87,88)(H,89,90,91). The molecule has 492 valence electrons. The van der Waals surface area contributed by atoms with E-state index in [2.05, 4.69) is 57.7 Å². The molecule has 0 aliphatic rings. The fraction of sp³-hybridized carbons (Fsp3) is 0.0156. The molecule has 34 heteroatoms. The van der Waals surface area contributed by atoms with Crippen LogP contribution < -0.4 is 20.1 Å². The molecule has 98 heavy (non-hydrogen) atoms. The van der Waals surface area contributed by atoms with Gasteiger partial charge in [0.15, 0.2) is 16.6 Å². The Morgan fingerprint density at radius 3 is 1.60 bits per heavy atom. The van der Waals surface area contributed by atoms with Crippen LogP contribution in [-0.2, 0) is 60.5 Å². The Bertz CT molecular complexity index is 6270. The summed E-state index contributed by atoms with van der Waals surface area (Å²) >= 11 is 0.827. The van der Waals surface area contributed by atoms with E-state index in [1.54, 1.807) is 30.3 Å². The number of nitrogens with one attached hydrogen (secondary N) is 4. The second-order valence-electron chi connectivity index (χ2n) is 21.4. The highest BCUT2D eigenvalue weighted by Crippen LogP contribution is 2.50. The zero-order valence-electron chi connectivity index (χ0n) is 49.7. The number of anilines is 6. The molecule has 0 bridgehead atoms. The number of sulfonamides is 2. The van der Waals surface area contributed by atoms with Gasteiger partial charge in [-0.1, -0.05) is 96.3 Å². The van der Waals surface area contributed by atoms with Crippen molar-refractivity contribution in [1.29, 1.82) is 10.5 Å². The summed E-state index contributed by atoms with van der Waals surface area (Å²) in [4.78, 5) is 1.24. The molecule has 12 aromatic rings. The van der Waals surface area contributed by atoms with Crippen LogP contribution in [0.4, 0.5) is 55.8 Å². The summed E-state index contributed by atoms with van der Waals surface area (Å²) in [5.41, 5.74) is 0.328.